The molecule has 5 heteroatoms. The molecule has 3 nitrogen and oxygen atoms in total. The molecule has 2 heterocycles. The van der Waals surface area contributed by atoms with Gasteiger partial charge in [0.2, 0.25) is 0 Å². The molecule has 0 N–H and O–H groups in total. The van der Waals surface area contributed by atoms with Gasteiger partial charge < -0.3 is 0 Å². The van der Waals surface area contributed by atoms with Gasteiger partial charge in [0.05, 0.1) is 5.69 Å². The average Bonchev–Trinajstić information content (AvgIpc) is 2.92. The normalized spacial score (nSPS) is 10.6. The van der Waals surface area contributed by atoms with Gasteiger partial charge in [-0.05, 0) is 36.4 Å². The molecule has 3 aromatic rings. The predicted octanol–water partition coefficient (Wildman–Crippen LogP) is 3.73. The van der Waals surface area contributed by atoms with Gasteiger partial charge >= 0.3 is 0 Å². The maximum Gasteiger partial charge on any atom is 0.148 e. The van der Waals surface area contributed by atoms with Crippen LogP contribution in [-0.4, -0.2) is 14.8 Å². The zero-order valence-corrected chi connectivity index (χ0v) is 10.5. The van der Waals surface area contributed by atoms with Crippen LogP contribution in [0.2, 0.25) is 5.02 Å². The highest BCUT2D eigenvalue weighted by Gasteiger charge is 2.08. The van der Waals surface area contributed by atoms with E-state index in [-0.39, 0.29) is 5.82 Å². The molecule has 0 aliphatic heterocycles. The Hall–Kier alpha value is -2.20. The largest absolute Gasteiger partial charge is 0.255 e. The minimum atomic E-state index is -0.375. The number of nitrogens with zero attached hydrogens (tertiary/aromatic N) is 3. The van der Waals surface area contributed by atoms with Crippen molar-refractivity contribution in [2.24, 2.45) is 0 Å². The second-order valence-corrected chi connectivity index (χ2v) is 4.39. The van der Waals surface area contributed by atoms with Gasteiger partial charge in [-0.25, -0.2) is 9.07 Å². The maximum atomic E-state index is 13.7. The van der Waals surface area contributed by atoms with E-state index in [9.17, 15) is 4.39 Å². The van der Waals surface area contributed by atoms with E-state index in [2.05, 4.69) is 10.1 Å². The average molecular weight is 274 g/mol. The number of hydrogen-bond donors (Lipinski definition) is 0. The van der Waals surface area contributed by atoms with Crippen molar-refractivity contribution in [2.45, 2.75) is 0 Å². The first-order valence-corrected chi connectivity index (χ1v) is 6.04. The SMILES string of the molecule is Fc1ccc(Cl)cc1-n1ccc(-c2ccccn2)n1. The zero-order valence-electron chi connectivity index (χ0n) is 9.79. The van der Waals surface area contributed by atoms with Crippen LogP contribution < -0.4 is 0 Å². The molecule has 0 aliphatic rings. The monoisotopic (exact) mass is 273 g/mol. The summed E-state index contributed by atoms with van der Waals surface area (Å²) >= 11 is 5.87. The number of rotatable bonds is 2. The first-order chi connectivity index (χ1) is 9.24. The Kier molecular flexibility index (Phi) is 3.01. The van der Waals surface area contributed by atoms with Gasteiger partial charge in [0.15, 0.2) is 0 Å². The molecule has 1 aromatic carbocycles. The molecule has 0 atom stereocenters. The van der Waals surface area contributed by atoms with Crippen LogP contribution >= 0.6 is 11.6 Å². The van der Waals surface area contributed by atoms with Gasteiger partial charge in [-0.3, -0.25) is 4.98 Å². The van der Waals surface area contributed by atoms with Gasteiger partial charge in [-0.1, -0.05) is 17.7 Å². The Balaban J connectivity index is 2.04. The number of benzene rings is 1. The van der Waals surface area contributed by atoms with Crippen molar-refractivity contribution in [2.75, 3.05) is 0 Å². The van der Waals surface area contributed by atoms with Gasteiger partial charge in [0, 0.05) is 17.4 Å². The third-order valence-electron chi connectivity index (χ3n) is 2.67. The van der Waals surface area contributed by atoms with Crippen LogP contribution in [0.15, 0.2) is 54.9 Å². The van der Waals surface area contributed by atoms with Gasteiger partial charge in [0.25, 0.3) is 0 Å². The van der Waals surface area contributed by atoms with Gasteiger partial charge in [-0.15, -0.1) is 0 Å². The summed E-state index contributed by atoms with van der Waals surface area (Å²) in [5.74, 6) is -0.375. The van der Waals surface area contributed by atoms with E-state index in [1.807, 2.05) is 18.2 Å². The van der Waals surface area contributed by atoms with Crippen molar-refractivity contribution in [3.63, 3.8) is 0 Å². The second-order valence-electron chi connectivity index (χ2n) is 3.96. The molecule has 94 valence electrons. The van der Waals surface area contributed by atoms with Crippen LogP contribution in [0.1, 0.15) is 0 Å². The number of aromatic nitrogens is 3. The minimum Gasteiger partial charge on any atom is -0.255 e. The van der Waals surface area contributed by atoms with Gasteiger partial charge in [0.1, 0.15) is 17.2 Å². The van der Waals surface area contributed by atoms with Crippen molar-refractivity contribution in [3.8, 4) is 17.1 Å². The molecular formula is C14H9ClFN3. The highest BCUT2D eigenvalue weighted by molar-refractivity contribution is 6.30. The highest BCUT2D eigenvalue weighted by Crippen LogP contribution is 2.20. The van der Waals surface area contributed by atoms with Crippen molar-refractivity contribution in [1.82, 2.24) is 14.8 Å². The lowest BCUT2D eigenvalue weighted by Crippen LogP contribution is -1.98. The van der Waals surface area contributed by atoms with Crippen molar-refractivity contribution in [1.29, 1.82) is 0 Å². The Morgan fingerprint density at radius 2 is 1.95 bits per heavy atom. The van der Waals surface area contributed by atoms with Crippen LogP contribution in [0, 0.1) is 5.82 Å². The Bertz CT molecular complexity index is 710. The Labute approximate surface area is 114 Å². The number of hydrogen-bond acceptors (Lipinski definition) is 2. The van der Waals surface area contributed by atoms with Crippen LogP contribution in [0.4, 0.5) is 4.39 Å². The fourth-order valence-corrected chi connectivity index (χ4v) is 1.94. The van der Waals surface area contributed by atoms with E-state index in [0.29, 0.717) is 16.4 Å². The molecule has 0 saturated heterocycles. The van der Waals surface area contributed by atoms with E-state index in [1.165, 1.54) is 22.9 Å². The highest BCUT2D eigenvalue weighted by atomic mass is 35.5. The van der Waals surface area contributed by atoms with Crippen LogP contribution in [0.25, 0.3) is 17.1 Å². The van der Waals surface area contributed by atoms with Crippen LogP contribution in [-0.2, 0) is 0 Å². The topological polar surface area (TPSA) is 30.7 Å². The van der Waals surface area contributed by atoms with Crippen LogP contribution in [0.5, 0.6) is 0 Å². The lowest BCUT2D eigenvalue weighted by atomic mass is 10.3. The number of halogens is 2. The van der Waals surface area contributed by atoms with E-state index >= 15 is 0 Å². The standard InChI is InChI=1S/C14H9ClFN3/c15-10-4-5-11(16)14(9-10)19-8-6-13(18-19)12-3-1-2-7-17-12/h1-9H. The lowest BCUT2D eigenvalue weighted by Gasteiger charge is -2.03. The summed E-state index contributed by atoms with van der Waals surface area (Å²) in [5.41, 5.74) is 1.73. The maximum absolute atomic E-state index is 13.7. The van der Waals surface area contributed by atoms with E-state index < -0.39 is 0 Å². The molecule has 0 unspecified atom stereocenters. The first kappa shape index (κ1) is 11.9. The molecule has 0 bridgehead atoms. The molecule has 0 fully saturated rings. The quantitative estimate of drug-likeness (QED) is 0.712. The van der Waals surface area contributed by atoms with Crippen molar-refractivity contribution >= 4 is 11.6 Å². The third kappa shape index (κ3) is 2.35. The minimum absolute atomic E-state index is 0.315. The summed E-state index contributed by atoms with van der Waals surface area (Å²) in [5, 5.41) is 4.77. The fourth-order valence-electron chi connectivity index (χ4n) is 1.77. The third-order valence-corrected chi connectivity index (χ3v) is 2.91. The summed E-state index contributed by atoms with van der Waals surface area (Å²) in [7, 11) is 0. The molecule has 0 amide bonds. The summed E-state index contributed by atoms with van der Waals surface area (Å²) in [4.78, 5) is 4.20. The number of pyridine rings is 1. The van der Waals surface area contributed by atoms with Gasteiger partial charge in [-0.2, -0.15) is 5.10 Å². The van der Waals surface area contributed by atoms with E-state index in [1.54, 1.807) is 18.5 Å². The lowest BCUT2D eigenvalue weighted by molar-refractivity contribution is 0.611. The smallest absolute Gasteiger partial charge is 0.148 e. The molecular weight excluding hydrogens is 265 g/mol. The second kappa shape index (κ2) is 4.82. The first-order valence-electron chi connectivity index (χ1n) is 5.66. The summed E-state index contributed by atoms with van der Waals surface area (Å²) in [6.07, 6.45) is 3.37. The van der Waals surface area contributed by atoms with Crippen molar-refractivity contribution in [3.05, 3.63) is 65.7 Å². The van der Waals surface area contributed by atoms with E-state index in [4.69, 9.17) is 11.6 Å². The summed E-state index contributed by atoms with van der Waals surface area (Å²) in [6.45, 7) is 0. The predicted molar refractivity (Wildman–Crippen MR) is 71.8 cm³/mol. The Morgan fingerprint density at radius 1 is 1.05 bits per heavy atom. The van der Waals surface area contributed by atoms with E-state index in [0.717, 1.165) is 5.69 Å². The molecule has 2 aromatic heterocycles. The molecule has 0 radical (unpaired) electrons. The zero-order chi connectivity index (χ0) is 13.2. The Morgan fingerprint density at radius 3 is 2.74 bits per heavy atom. The summed E-state index contributed by atoms with van der Waals surface area (Å²) < 4.78 is 15.2. The molecule has 0 saturated carbocycles. The molecule has 0 spiro atoms. The summed E-state index contributed by atoms with van der Waals surface area (Å²) in [6, 6.07) is 11.7. The molecule has 0 aliphatic carbocycles. The van der Waals surface area contributed by atoms with Crippen LogP contribution in [0.3, 0.4) is 0 Å². The fraction of sp³-hybridized carbons (Fsp3) is 0. The molecule has 3 rings (SSSR count). The van der Waals surface area contributed by atoms with Crippen molar-refractivity contribution < 1.29 is 4.39 Å². The molecule has 19 heavy (non-hydrogen) atoms.